The molecular formula is C14H12N4O4. The van der Waals surface area contributed by atoms with E-state index < -0.39 is 6.09 Å². The zero-order chi connectivity index (χ0) is 15.5. The van der Waals surface area contributed by atoms with Crippen molar-refractivity contribution in [3.8, 4) is 12.3 Å². The fraction of sp³-hybridized carbons (Fsp3) is 0.286. The average molecular weight is 300 g/mol. The summed E-state index contributed by atoms with van der Waals surface area (Å²) in [5.74, 6) is 1.90. The molecule has 0 bridgehead atoms. The second kappa shape index (κ2) is 5.73. The number of hydrogen-bond donors (Lipinski definition) is 0. The topological polar surface area (TPSA) is 88.8 Å². The number of rotatable bonds is 2. The van der Waals surface area contributed by atoms with Crippen LogP contribution in [-0.2, 0) is 4.74 Å². The molecule has 0 radical (unpaired) electrons. The van der Waals surface area contributed by atoms with Crippen molar-refractivity contribution < 1.29 is 19.0 Å². The Labute approximate surface area is 125 Å². The Bertz CT molecular complexity index is 764. The number of aromatic nitrogens is 2. The van der Waals surface area contributed by atoms with Crippen molar-refractivity contribution in [3.63, 3.8) is 0 Å². The van der Waals surface area contributed by atoms with Crippen LogP contribution in [0.4, 0.5) is 4.79 Å². The van der Waals surface area contributed by atoms with Gasteiger partial charge in [-0.25, -0.2) is 19.4 Å². The maximum absolute atomic E-state index is 12.6. The molecule has 1 aromatic heterocycles. The minimum absolute atomic E-state index is 0.131. The van der Waals surface area contributed by atoms with E-state index in [1.54, 1.807) is 18.2 Å². The fourth-order valence-corrected chi connectivity index (χ4v) is 2.25. The Morgan fingerprint density at radius 3 is 2.86 bits per heavy atom. The van der Waals surface area contributed by atoms with E-state index in [0.717, 1.165) is 0 Å². The van der Waals surface area contributed by atoms with Gasteiger partial charge in [-0.05, 0) is 34.9 Å². The van der Waals surface area contributed by atoms with Gasteiger partial charge in [0.25, 0.3) is 5.91 Å². The van der Waals surface area contributed by atoms with Crippen molar-refractivity contribution in [2.75, 3.05) is 19.7 Å². The third-order valence-corrected chi connectivity index (χ3v) is 3.26. The summed E-state index contributed by atoms with van der Waals surface area (Å²) in [4.78, 5) is 24.5. The fourth-order valence-electron chi connectivity index (χ4n) is 2.25. The highest BCUT2D eigenvalue weighted by molar-refractivity contribution is 5.97. The lowest BCUT2D eigenvalue weighted by atomic mass is 10.2. The van der Waals surface area contributed by atoms with Crippen LogP contribution in [0.25, 0.3) is 11.0 Å². The SMILES string of the molecule is C#CCOC(=O)N1CCCN1C(=O)c1ccc2nonc2c1. The molecular weight excluding hydrogens is 288 g/mol. The minimum atomic E-state index is -0.631. The van der Waals surface area contributed by atoms with Crippen LogP contribution in [0.1, 0.15) is 16.8 Å². The first kappa shape index (κ1) is 13.9. The lowest BCUT2D eigenvalue weighted by molar-refractivity contribution is 0.0165. The van der Waals surface area contributed by atoms with Gasteiger partial charge in [0.1, 0.15) is 11.0 Å². The van der Waals surface area contributed by atoms with Crippen LogP contribution in [0.5, 0.6) is 0 Å². The molecule has 1 saturated heterocycles. The Morgan fingerprint density at radius 1 is 1.27 bits per heavy atom. The summed E-state index contributed by atoms with van der Waals surface area (Å²) in [5.41, 5.74) is 1.43. The highest BCUT2D eigenvalue weighted by atomic mass is 16.6. The molecule has 8 heteroatoms. The van der Waals surface area contributed by atoms with Crippen LogP contribution in [-0.4, -0.2) is 52.0 Å². The molecule has 3 rings (SSSR count). The van der Waals surface area contributed by atoms with Crippen LogP contribution in [0, 0.1) is 12.3 Å². The highest BCUT2D eigenvalue weighted by Gasteiger charge is 2.32. The van der Waals surface area contributed by atoms with Crippen LogP contribution in [0.3, 0.4) is 0 Å². The average Bonchev–Trinajstić information content (AvgIpc) is 3.19. The molecule has 112 valence electrons. The molecule has 1 aliphatic rings. The molecule has 0 N–H and O–H groups in total. The lowest BCUT2D eigenvalue weighted by Gasteiger charge is -2.26. The minimum Gasteiger partial charge on any atom is -0.435 e. The summed E-state index contributed by atoms with van der Waals surface area (Å²) in [6.45, 7) is 0.704. The van der Waals surface area contributed by atoms with Crippen molar-refractivity contribution in [1.29, 1.82) is 0 Å². The lowest BCUT2D eigenvalue weighted by Crippen LogP contribution is -2.45. The molecule has 22 heavy (non-hydrogen) atoms. The molecule has 2 heterocycles. The number of amides is 2. The third kappa shape index (κ3) is 2.44. The van der Waals surface area contributed by atoms with Gasteiger partial charge >= 0.3 is 6.09 Å². The number of carbonyl (C=O) groups is 2. The molecule has 0 spiro atoms. The number of hydrazine groups is 1. The van der Waals surface area contributed by atoms with E-state index in [-0.39, 0.29) is 12.5 Å². The summed E-state index contributed by atoms with van der Waals surface area (Å²) < 4.78 is 9.47. The smallest absolute Gasteiger partial charge is 0.429 e. The second-order valence-corrected chi connectivity index (χ2v) is 4.63. The van der Waals surface area contributed by atoms with E-state index in [1.165, 1.54) is 10.0 Å². The Hall–Kier alpha value is -3.08. The first-order valence-electron chi connectivity index (χ1n) is 6.62. The van der Waals surface area contributed by atoms with Gasteiger partial charge in [-0.15, -0.1) is 6.42 Å². The van der Waals surface area contributed by atoms with Gasteiger partial charge in [-0.3, -0.25) is 4.79 Å². The van der Waals surface area contributed by atoms with Crippen molar-refractivity contribution in [1.82, 2.24) is 20.3 Å². The van der Waals surface area contributed by atoms with Gasteiger partial charge in [-0.2, -0.15) is 0 Å². The van der Waals surface area contributed by atoms with E-state index in [4.69, 9.17) is 11.2 Å². The van der Waals surface area contributed by atoms with Gasteiger partial charge in [0, 0.05) is 18.7 Å². The van der Waals surface area contributed by atoms with Crippen LogP contribution < -0.4 is 0 Å². The first-order chi connectivity index (χ1) is 10.7. The molecule has 1 fully saturated rings. The summed E-state index contributed by atoms with van der Waals surface area (Å²) in [6, 6.07) is 4.81. The number of hydrogen-bond acceptors (Lipinski definition) is 6. The molecule has 0 unspecified atom stereocenters. The van der Waals surface area contributed by atoms with Crippen molar-refractivity contribution in [3.05, 3.63) is 23.8 Å². The van der Waals surface area contributed by atoms with Gasteiger partial charge in [0.2, 0.25) is 0 Å². The molecule has 1 aliphatic heterocycles. The molecule has 1 aromatic carbocycles. The van der Waals surface area contributed by atoms with Gasteiger partial charge in [-0.1, -0.05) is 5.92 Å². The quantitative estimate of drug-likeness (QED) is 0.770. The van der Waals surface area contributed by atoms with Crippen molar-refractivity contribution in [2.45, 2.75) is 6.42 Å². The maximum Gasteiger partial charge on any atom is 0.429 e. The molecule has 0 saturated carbocycles. The summed E-state index contributed by atoms with van der Waals surface area (Å²) >= 11 is 0. The second-order valence-electron chi connectivity index (χ2n) is 4.63. The first-order valence-corrected chi connectivity index (χ1v) is 6.62. The van der Waals surface area contributed by atoms with Crippen molar-refractivity contribution >= 4 is 23.0 Å². The van der Waals surface area contributed by atoms with E-state index in [9.17, 15) is 9.59 Å². The van der Waals surface area contributed by atoms with E-state index in [1.807, 2.05) is 0 Å². The number of fused-ring (bicyclic) bond motifs is 1. The zero-order valence-electron chi connectivity index (χ0n) is 11.6. The molecule has 2 aromatic rings. The predicted octanol–water partition coefficient (Wildman–Crippen LogP) is 1.06. The summed E-state index contributed by atoms with van der Waals surface area (Å²) in [7, 11) is 0. The Balaban J connectivity index is 1.80. The third-order valence-electron chi connectivity index (χ3n) is 3.26. The highest BCUT2D eigenvalue weighted by Crippen LogP contribution is 2.18. The number of ether oxygens (including phenoxy) is 1. The van der Waals surface area contributed by atoms with E-state index in [2.05, 4.69) is 20.9 Å². The Morgan fingerprint density at radius 2 is 2.05 bits per heavy atom. The monoisotopic (exact) mass is 300 g/mol. The number of terminal acetylenes is 1. The normalized spacial score (nSPS) is 14.1. The van der Waals surface area contributed by atoms with Crippen molar-refractivity contribution in [2.24, 2.45) is 0 Å². The largest absolute Gasteiger partial charge is 0.435 e. The van der Waals surface area contributed by atoms with Gasteiger partial charge < -0.3 is 4.74 Å². The van der Waals surface area contributed by atoms with Crippen LogP contribution in [0.15, 0.2) is 22.8 Å². The molecule has 0 aliphatic carbocycles. The number of carbonyl (C=O) groups excluding carboxylic acids is 2. The van der Waals surface area contributed by atoms with Gasteiger partial charge in [0.05, 0.1) is 0 Å². The molecule has 0 atom stereocenters. The predicted molar refractivity (Wildman–Crippen MR) is 74.3 cm³/mol. The van der Waals surface area contributed by atoms with Gasteiger partial charge in [0.15, 0.2) is 6.61 Å². The van der Waals surface area contributed by atoms with E-state index >= 15 is 0 Å². The van der Waals surface area contributed by atoms with E-state index in [0.29, 0.717) is 36.1 Å². The molecule has 8 nitrogen and oxygen atoms in total. The number of nitrogens with zero attached hydrogens (tertiary/aromatic N) is 4. The summed E-state index contributed by atoms with van der Waals surface area (Å²) in [5, 5.41) is 9.97. The molecule has 2 amide bonds. The maximum atomic E-state index is 12.6. The Kier molecular flexibility index (Phi) is 3.62. The zero-order valence-corrected chi connectivity index (χ0v) is 11.6. The summed E-state index contributed by atoms with van der Waals surface area (Å²) in [6.07, 6.45) is 5.10. The van der Waals surface area contributed by atoms with Crippen LogP contribution in [0.2, 0.25) is 0 Å². The standard InChI is InChI=1S/C14H12N4O4/c1-2-8-21-14(20)18-7-3-6-17(18)13(19)10-4-5-11-12(9-10)16-22-15-11/h1,4-5,9H,3,6-8H2. The number of benzene rings is 1. The van der Waals surface area contributed by atoms with Crippen LogP contribution >= 0.6 is 0 Å².